The van der Waals surface area contributed by atoms with Crippen LogP contribution >= 0.6 is 11.8 Å². The van der Waals surface area contributed by atoms with Crippen molar-refractivity contribution in [2.45, 2.75) is 24.8 Å². The van der Waals surface area contributed by atoms with E-state index < -0.39 is 12.0 Å². The maximum atomic E-state index is 12.9. The second kappa shape index (κ2) is 11.2. The van der Waals surface area contributed by atoms with Gasteiger partial charge in [0.15, 0.2) is 0 Å². The molecule has 0 spiro atoms. The Balaban J connectivity index is 1.83. The number of amides is 3. The summed E-state index contributed by atoms with van der Waals surface area (Å²) < 4.78 is 10.4. The highest BCUT2D eigenvalue weighted by Crippen LogP contribution is 2.29. The van der Waals surface area contributed by atoms with Crippen LogP contribution in [-0.2, 0) is 14.3 Å². The minimum absolute atomic E-state index is 0.236. The number of piperazine rings is 1. The van der Waals surface area contributed by atoms with E-state index in [1.54, 1.807) is 30.5 Å². The molecule has 174 valence electrons. The van der Waals surface area contributed by atoms with Gasteiger partial charge in [-0.2, -0.15) is 0 Å². The quantitative estimate of drug-likeness (QED) is 0.474. The Hall–Kier alpha value is -2.72. The van der Waals surface area contributed by atoms with Crippen LogP contribution in [0.4, 0.5) is 9.59 Å². The minimum Gasteiger partial charge on any atom is -0.463 e. The molecule has 0 saturated carbocycles. The first kappa shape index (κ1) is 23.9. The van der Waals surface area contributed by atoms with E-state index in [2.05, 4.69) is 15.5 Å². The number of nitrogens with zero attached hydrogens (tertiary/aromatic N) is 2. The molecule has 3 rings (SSSR count). The summed E-state index contributed by atoms with van der Waals surface area (Å²) >= 11 is 1.62. The maximum Gasteiger partial charge on any atom is 0.409 e. The third-order valence-electron chi connectivity index (χ3n) is 5.38. The smallest absolute Gasteiger partial charge is 0.409 e. The molecule has 1 fully saturated rings. The average Bonchev–Trinajstić information content (AvgIpc) is 2.79. The summed E-state index contributed by atoms with van der Waals surface area (Å²) in [6.07, 6.45) is 1.67. The molecule has 0 radical (unpaired) electrons. The van der Waals surface area contributed by atoms with Crippen molar-refractivity contribution in [3.63, 3.8) is 0 Å². The molecule has 0 unspecified atom stereocenters. The van der Waals surface area contributed by atoms with E-state index in [0.29, 0.717) is 50.6 Å². The van der Waals surface area contributed by atoms with Gasteiger partial charge in [0.1, 0.15) is 0 Å². The lowest BCUT2D eigenvalue weighted by atomic mass is 9.95. The molecule has 2 heterocycles. The molecule has 10 heteroatoms. The van der Waals surface area contributed by atoms with Crippen LogP contribution in [0.25, 0.3) is 0 Å². The van der Waals surface area contributed by atoms with Crippen LogP contribution in [0.5, 0.6) is 0 Å². The lowest BCUT2D eigenvalue weighted by molar-refractivity contribution is -0.139. The third kappa shape index (κ3) is 5.74. The Morgan fingerprint density at radius 2 is 1.72 bits per heavy atom. The maximum absolute atomic E-state index is 12.9. The molecule has 32 heavy (non-hydrogen) atoms. The van der Waals surface area contributed by atoms with Gasteiger partial charge in [-0.3, -0.25) is 4.90 Å². The lowest BCUT2D eigenvalue weighted by Crippen LogP contribution is -2.52. The molecule has 0 aliphatic carbocycles. The monoisotopic (exact) mass is 462 g/mol. The number of hydrogen-bond acceptors (Lipinski definition) is 7. The van der Waals surface area contributed by atoms with Gasteiger partial charge in [0.05, 0.1) is 24.8 Å². The van der Waals surface area contributed by atoms with Gasteiger partial charge in [-0.05, 0) is 37.8 Å². The fraction of sp³-hybridized carbons (Fsp3) is 0.500. The Labute approximate surface area is 192 Å². The van der Waals surface area contributed by atoms with Crippen molar-refractivity contribution in [1.82, 2.24) is 20.4 Å². The summed E-state index contributed by atoms with van der Waals surface area (Å²) in [5.41, 5.74) is 1.73. The van der Waals surface area contributed by atoms with Crippen molar-refractivity contribution in [3.8, 4) is 0 Å². The molecule has 0 bridgehead atoms. The topological polar surface area (TPSA) is 100 Å². The Morgan fingerprint density at radius 1 is 1.06 bits per heavy atom. The number of benzene rings is 1. The standard InChI is InChI=1S/C22H30N4O5S/c1-4-30-20(27)18-17(14-25-10-12-26(13-11-25)22(29)31-5-2)23-21(28)24-19(18)15-6-8-16(32-3)9-7-15/h6-9,19H,4-5,10-14H2,1-3H3,(H2,23,24,28)/t19-/m1/s1. The fourth-order valence-corrected chi connectivity index (χ4v) is 4.17. The first-order chi connectivity index (χ1) is 15.5. The van der Waals surface area contributed by atoms with E-state index in [9.17, 15) is 14.4 Å². The fourth-order valence-electron chi connectivity index (χ4n) is 3.77. The van der Waals surface area contributed by atoms with E-state index in [4.69, 9.17) is 9.47 Å². The van der Waals surface area contributed by atoms with Crippen LogP contribution in [0.2, 0.25) is 0 Å². The van der Waals surface area contributed by atoms with Gasteiger partial charge in [-0.1, -0.05) is 12.1 Å². The predicted molar refractivity (Wildman–Crippen MR) is 121 cm³/mol. The van der Waals surface area contributed by atoms with E-state index in [1.807, 2.05) is 30.5 Å². The van der Waals surface area contributed by atoms with Crippen molar-refractivity contribution in [3.05, 3.63) is 41.1 Å². The number of ether oxygens (including phenoxy) is 2. The number of nitrogens with one attached hydrogen (secondary N) is 2. The summed E-state index contributed by atoms with van der Waals surface area (Å²) in [5.74, 6) is -0.459. The Bertz CT molecular complexity index is 866. The first-order valence-electron chi connectivity index (χ1n) is 10.7. The van der Waals surface area contributed by atoms with Crippen molar-refractivity contribution in [2.75, 3.05) is 52.2 Å². The summed E-state index contributed by atoms with van der Waals surface area (Å²) in [7, 11) is 0. The van der Waals surface area contributed by atoms with Gasteiger partial charge >= 0.3 is 18.1 Å². The zero-order valence-electron chi connectivity index (χ0n) is 18.7. The number of carbonyl (C=O) groups excluding carboxylic acids is 3. The SMILES string of the molecule is CCOC(=O)C1=C(CN2CCN(C(=O)OCC)CC2)NC(=O)N[C@@H]1c1ccc(SC)cc1. The average molecular weight is 463 g/mol. The molecule has 1 aromatic carbocycles. The number of hydrogen-bond donors (Lipinski definition) is 2. The Kier molecular flexibility index (Phi) is 8.40. The molecule has 2 aliphatic heterocycles. The Morgan fingerprint density at radius 3 is 2.31 bits per heavy atom. The number of thioether (sulfide) groups is 1. The number of carbonyl (C=O) groups is 3. The molecule has 3 amide bonds. The van der Waals surface area contributed by atoms with Crippen molar-refractivity contribution in [2.24, 2.45) is 0 Å². The summed E-state index contributed by atoms with van der Waals surface area (Å²) in [4.78, 5) is 42.2. The molecular weight excluding hydrogens is 432 g/mol. The summed E-state index contributed by atoms with van der Waals surface area (Å²) in [6, 6.07) is 6.79. The summed E-state index contributed by atoms with van der Waals surface area (Å²) in [5, 5.41) is 5.67. The second-order valence-corrected chi connectivity index (χ2v) is 8.26. The van der Waals surface area contributed by atoms with Crippen molar-refractivity contribution < 1.29 is 23.9 Å². The first-order valence-corrected chi connectivity index (χ1v) is 11.9. The highest BCUT2D eigenvalue weighted by atomic mass is 32.2. The molecule has 1 atom stereocenters. The van der Waals surface area contributed by atoms with Crippen LogP contribution in [-0.4, -0.2) is 80.1 Å². The highest BCUT2D eigenvalue weighted by molar-refractivity contribution is 7.98. The van der Waals surface area contributed by atoms with Crippen LogP contribution in [0, 0.1) is 0 Å². The van der Waals surface area contributed by atoms with Crippen molar-refractivity contribution in [1.29, 1.82) is 0 Å². The van der Waals surface area contributed by atoms with Gasteiger partial charge in [0.2, 0.25) is 0 Å². The second-order valence-electron chi connectivity index (χ2n) is 7.38. The molecule has 0 aromatic heterocycles. The number of esters is 1. The zero-order valence-corrected chi connectivity index (χ0v) is 19.5. The van der Waals surface area contributed by atoms with Gasteiger partial charge in [-0.15, -0.1) is 11.8 Å². The van der Waals surface area contributed by atoms with E-state index in [1.165, 1.54) is 0 Å². The van der Waals surface area contributed by atoms with Gasteiger partial charge in [0.25, 0.3) is 0 Å². The molecule has 9 nitrogen and oxygen atoms in total. The van der Waals surface area contributed by atoms with Gasteiger partial charge < -0.3 is 25.0 Å². The van der Waals surface area contributed by atoms with E-state index >= 15 is 0 Å². The van der Waals surface area contributed by atoms with Crippen LogP contribution in [0.1, 0.15) is 25.5 Å². The third-order valence-corrected chi connectivity index (χ3v) is 6.12. The van der Waals surface area contributed by atoms with Gasteiger partial charge in [-0.25, -0.2) is 14.4 Å². The molecule has 2 N–H and O–H groups in total. The van der Waals surface area contributed by atoms with Crippen LogP contribution in [0.15, 0.2) is 40.4 Å². The molecular formula is C22H30N4O5S. The zero-order chi connectivity index (χ0) is 23.1. The molecule has 2 aliphatic rings. The predicted octanol–water partition coefficient (Wildman–Crippen LogP) is 2.35. The van der Waals surface area contributed by atoms with E-state index in [0.717, 1.165) is 10.5 Å². The largest absolute Gasteiger partial charge is 0.463 e. The molecule has 1 saturated heterocycles. The highest BCUT2D eigenvalue weighted by Gasteiger charge is 2.35. The number of urea groups is 1. The minimum atomic E-state index is -0.602. The number of rotatable bonds is 7. The van der Waals surface area contributed by atoms with Crippen LogP contribution < -0.4 is 10.6 Å². The molecule has 1 aromatic rings. The van der Waals surface area contributed by atoms with Crippen LogP contribution in [0.3, 0.4) is 0 Å². The normalized spacial score (nSPS) is 19.3. The summed E-state index contributed by atoms with van der Waals surface area (Å²) in [6.45, 7) is 6.74. The van der Waals surface area contributed by atoms with Crippen molar-refractivity contribution >= 4 is 29.9 Å². The lowest BCUT2D eigenvalue weighted by Gasteiger charge is -2.36. The van der Waals surface area contributed by atoms with Gasteiger partial charge in [0, 0.05) is 43.3 Å². The van der Waals surface area contributed by atoms with E-state index in [-0.39, 0.29) is 18.7 Å².